The van der Waals surface area contributed by atoms with Crippen molar-refractivity contribution in [2.45, 2.75) is 26.3 Å². The number of rotatable bonds is 3. The fraction of sp³-hybridized carbons (Fsp3) is 0.300. The molecule has 1 aliphatic rings. The van der Waals surface area contributed by atoms with Gasteiger partial charge in [-0.25, -0.2) is 4.99 Å². The van der Waals surface area contributed by atoms with Crippen molar-refractivity contribution in [3.05, 3.63) is 64.7 Å². The van der Waals surface area contributed by atoms with Gasteiger partial charge in [0.25, 0.3) is 0 Å². The largest absolute Gasteiger partial charge is 0.274 e. The number of benzene rings is 2. The molecule has 124 valence electrons. The zero-order valence-electron chi connectivity index (χ0n) is 14.2. The number of thioether (sulfide) groups is 1. The second-order valence-corrected chi connectivity index (χ2v) is 7.57. The Labute approximate surface area is 153 Å². The van der Waals surface area contributed by atoms with Crippen LogP contribution in [0.25, 0.3) is 0 Å². The minimum Gasteiger partial charge on any atom is -0.274 e. The van der Waals surface area contributed by atoms with E-state index in [9.17, 15) is 0 Å². The lowest BCUT2D eigenvalue weighted by atomic mass is 10.00. The fourth-order valence-corrected chi connectivity index (χ4v) is 3.66. The molecule has 2 nitrogen and oxygen atoms in total. The molecule has 3 rings (SSSR count). The fourth-order valence-electron chi connectivity index (χ4n) is 2.88. The summed E-state index contributed by atoms with van der Waals surface area (Å²) in [6.07, 6.45) is 3.06. The highest BCUT2D eigenvalue weighted by Crippen LogP contribution is 2.32. The molecule has 0 aromatic heterocycles. The van der Waals surface area contributed by atoms with Gasteiger partial charge in [-0.05, 0) is 36.8 Å². The van der Waals surface area contributed by atoms with Crippen LogP contribution in [0.1, 0.15) is 31.4 Å². The molecule has 24 heavy (non-hydrogen) atoms. The molecule has 0 amide bonds. The van der Waals surface area contributed by atoms with Crippen molar-refractivity contribution in [2.24, 2.45) is 15.9 Å². The molecule has 0 N–H and O–H groups in total. The van der Waals surface area contributed by atoms with Crippen LogP contribution in [0.2, 0.25) is 5.02 Å². The van der Waals surface area contributed by atoms with Gasteiger partial charge in [0.1, 0.15) is 0 Å². The number of nitrogens with zero attached hydrogens (tertiary/aromatic N) is 2. The van der Waals surface area contributed by atoms with Crippen molar-refractivity contribution < 1.29 is 0 Å². The van der Waals surface area contributed by atoms with Gasteiger partial charge < -0.3 is 0 Å². The van der Waals surface area contributed by atoms with Crippen LogP contribution in [0, 0.1) is 5.92 Å². The lowest BCUT2D eigenvalue weighted by Crippen LogP contribution is -2.19. The Kier molecular flexibility index (Phi) is 5.42. The first-order valence-corrected chi connectivity index (χ1v) is 9.74. The summed E-state index contributed by atoms with van der Waals surface area (Å²) in [5.74, 6) is 0.554. The Balaban J connectivity index is 2.21. The van der Waals surface area contributed by atoms with Gasteiger partial charge in [-0.1, -0.05) is 55.8 Å². The average molecular weight is 357 g/mol. The standard InChI is InChI=1S/C20H21ClN2S/c1-13(2)11-18-20(24-3)23-17-10-9-15(21)12-16(17)19(22-18)14-7-5-4-6-8-14/h4-10,12-13,18H,11H2,1-3H3. The van der Waals surface area contributed by atoms with Crippen LogP contribution in [0.15, 0.2) is 58.5 Å². The van der Waals surface area contributed by atoms with E-state index in [1.807, 2.05) is 36.4 Å². The predicted octanol–water partition coefficient (Wildman–Crippen LogP) is 6.00. The summed E-state index contributed by atoms with van der Waals surface area (Å²) in [6, 6.07) is 16.2. The third-order valence-corrected chi connectivity index (χ3v) is 4.98. The molecule has 0 radical (unpaired) electrons. The molecule has 0 saturated heterocycles. The summed E-state index contributed by atoms with van der Waals surface area (Å²) in [5, 5.41) is 1.78. The van der Waals surface area contributed by atoms with Crippen LogP contribution in [0.3, 0.4) is 0 Å². The van der Waals surface area contributed by atoms with Crippen LogP contribution < -0.4 is 0 Å². The van der Waals surface area contributed by atoms with Crippen LogP contribution >= 0.6 is 23.4 Å². The Bertz CT molecular complexity index is 781. The number of fused-ring (bicyclic) bond motifs is 1. The van der Waals surface area contributed by atoms with E-state index in [-0.39, 0.29) is 6.04 Å². The Hall–Kier alpha value is -1.58. The molecule has 1 atom stereocenters. The van der Waals surface area contributed by atoms with Crippen LogP contribution in [0.5, 0.6) is 0 Å². The van der Waals surface area contributed by atoms with Gasteiger partial charge in [0, 0.05) is 16.1 Å². The number of aliphatic imine (C=N–C) groups is 2. The average Bonchev–Trinajstić information content (AvgIpc) is 2.72. The first-order chi connectivity index (χ1) is 11.6. The quantitative estimate of drug-likeness (QED) is 0.662. The Morgan fingerprint density at radius 2 is 1.88 bits per heavy atom. The summed E-state index contributed by atoms with van der Waals surface area (Å²) in [4.78, 5) is 10.0. The van der Waals surface area contributed by atoms with E-state index in [1.165, 1.54) is 0 Å². The second kappa shape index (κ2) is 7.54. The van der Waals surface area contributed by atoms with E-state index < -0.39 is 0 Å². The van der Waals surface area contributed by atoms with Gasteiger partial charge in [-0.15, -0.1) is 11.8 Å². The summed E-state index contributed by atoms with van der Waals surface area (Å²) >= 11 is 7.95. The molecule has 0 fully saturated rings. The molecular formula is C20H21ClN2S. The molecule has 0 bridgehead atoms. The lowest BCUT2D eigenvalue weighted by molar-refractivity contribution is 0.565. The zero-order valence-corrected chi connectivity index (χ0v) is 15.7. The SMILES string of the molecule is CSC1=Nc2ccc(Cl)cc2C(c2ccccc2)=NC1CC(C)C. The third-order valence-electron chi connectivity index (χ3n) is 3.97. The maximum Gasteiger partial charge on any atom is 0.0991 e. The van der Waals surface area contributed by atoms with E-state index in [4.69, 9.17) is 21.6 Å². The van der Waals surface area contributed by atoms with Gasteiger partial charge in [0.2, 0.25) is 0 Å². The normalized spacial score (nSPS) is 17.1. The van der Waals surface area contributed by atoms with Crippen molar-refractivity contribution in [1.82, 2.24) is 0 Å². The van der Waals surface area contributed by atoms with Crippen LogP contribution in [-0.4, -0.2) is 23.1 Å². The Morgan fingerprint density at radius 3 is 2.54 bits per heavy atom. The van der Waals surface area contributed by atoms with E-state index in [2.05, 4.69) is 32.2 Å². The summed E-state index contributed by atoms with van der Waals surface area (Å²) in [6.45, 7) is 4.45. The minimum absolute atomic E-state index is 0.0846. The van der Waals surface area contributed by atoms with E-state index >= 15 is 0 Å². The molecule has 0 aliphatic carbocycles. The van der Waals surface area contributed by atoms with E-state index in [1.54, 1.807) is 11.8 Å². The smallest absolute Gasteiger partial charge is 0.0991 e. The predicted molar refractivity (Wildman–Crippen MR) is 107 cm³/mol. The number of hydrogen-bond acceptors (Lipinski definition) is 3. The highest BCUT2D eigenvalue weighted by molar-refractivity contribution is 8.13. The van der Waals surface area contributed by atoms with Gasteiger partial charge in [0.15, 0.2) is 0 Å². The summed E-state index contributed by atoms with van der Waals surface area (Å²) < 4.78 is 0. The lowest BCUT2D eigenvalue weighted by Gasteiger charge is -2.16. The molecule has 0 spiro atoms. The van der Waals surface area contributed by atoms with Gasteiger partial charge in [0.05, 0.1) is 22.5 Å². The molecule has 1 aliphatic heterocycles. The molecule has 0 saturated carbocycles. The maximum atomic E-state index is 6.27. The molecule has 1 unspecified atom stereocenters. The molecule has 2 aromatic carbocycles. The second-order valence-electron chi connectivity index (χ2n) is 6.30. The first kappa shape index (κ1) is 17.2. The van der Waals surface area contributed by atoms with Gasteiger partial charge in [-0.2, -0.15) is 0 Å². The Morgan fingerprint density at radius 1 is 1.12 bits per heavy atom. The zero-order chi connectivity index (χ0) is 17.1. The minimum atomic E-state index is 0.0846. The maximum absolute atomic E-state index is 6.27. The monoisotopic (exact) mass is 356 g/mol. The van der Waals surface area contributed by atoms with Crippen LogP contribution in [0.4, 0.5) is 5.69 Å². The van der Waals surface area contributed by atoms with Crippen molar-refractivity contribution >= 4 is 39.8 Å². The third kappa shape index (κ3) is 3.73. The highest BCUT2D eigenvalue weighted by atomic mass is 35.5. The van der Waals surface area contributed by atoms with E-state index in [0.717, 1.165) is 34.0 Å². The van der Waals surface area contributed by atoms with Gasteiger partial charge >= 0.3 is 0 Å². The van der Waals surface area contributed by atoms with Crippen molar-refractivity contribution in [3.8, 4) is 0 Å². The van der Waals surface area contributed by atoms with Crippen molar-refractivity contribution in [2.75, 3.05) is 6.26 Å². The molecule has 1 heterocycles. The molecular weight excluding hydrogens is 336 g/mol. The topological polar surface area (TPSA) is 24.7 Å². The van der Waals surface area contributed by atoms with Crippen LogP contribution in [-0.2, 0) is 0 Å². The summed E-state index contributed by atoms with van der Waals surface area (Å²) in [5.41, 5.74) is 4.03. The van der Waals surface area contributed by atoms with E-state index in [0.29, 0.717) is 10.9 Å². The summed E-state index contributed by atoms with van der Waals surface area (Å²) in [7, 11) is 0. The number of hydrogen-bond donors (Lipinski definition) is 0. The molecule has 4 heteroatoms. The number of halogens is 1. The highest BCUT2D eigenvalue weighted by Gasteiger charge is 2.23. The van der Waals surface area contributed by atoms with Gasteiger partial charge in [-0.3, -0.25) is 4.99 Å². The van der Waals surface area contributed by atoms with Crippen molar-refractivity contribution in [3.63, 3.8) is 0 Å². The first-order valence-electron chi connectivity index (χ1n) is 8.14. The van der Waals surface area contributed by atoms with Crippen molar-refractivity contribution in [1.29, 1.82) is 0 Å². The molecule has 2 aromatic rings.